The molecular weight excluding hydrogens is 387 g/mol. The molecule has 1 N–H and O–H groups in total. The molecular formula is C20H16ClFN2O2S. The van der Waals surface area contributed by atoms with Gasteiger partial charge in [0.25, 0.3) is 0 Å². The third-order valence-corrected chi connectivity index (χ3v) is 6.00. The smallest absolute Gasteiger partial charge is 0.206 e. The van der Waals surface area contributed by atoms with E-state index < -0.39 is 15.7 Å². The molecule has 7 heteroatoms. The lowest BCUT2D eigenvalue weighted by Crippen LogP contribution is -2.02. The summed E-state index contributed by atoms with van der Waals surface area (Å²) in [5.41, 5.74) is 4.44. The van der Waals surface area contributed by atoms with Gasteiger partial charge in [0.15, 0.2) is 0 Å². The highest BCUT2D eigenvalue weighted by Gasteiger charge is 2.17. The number of aryl methyl sites for hydroxylation is 1. The average molecular weight is 403 g/mol. The fourth-order valence-electron chi connectivity index (χ4n) is 2.37. The van der Waals surface area contributed by atoms with Crippen molar-refractivity contribution < 1.29 is 12.8 Å². The van der Waals surface area contributed by atoms with Gasteiger partial charge in [0.1, 0.15) is 5.82 Å². The van der Waals surface area contributed by atoms with Crippen LogP contribution in [-0.2, 0) is 9.84 Å². The van der Waals surface area contributed by atoms with Crippen LogP contribution >= 0.6 is 11.6 Å². The Kier molecular flexibility index (Phi) is 5.58. The van der Waals surface area contributed by atoms with E-state index in [0.29, 0.717) is 5.69 Å². The second-order valence-electron chi connectivity index (χ2n) is 5.85. The molecule has 27 heavy (non-hydrogen) atoms. The van der Waals surface area contributed by atoms with Gasteiger partial charge in [-0.1, -0.05) is 35.4 Å². The number of benzene rings is 3. The molecule has 0 aliphatic carbocycles. The quantitative estimate of drug-likeness (QED) is 0.479. The van der Waals surface area contributed by atoms with Crippen LogP contribution in [-0.4, -0.2) is 14.6 Å². The van der Waals surface area contributed by atoms with Crippen LogP contribution in [0.2, 0.25) is 5.02 Å². The molecule has 0 amide bonds. The zero-order valence-electron chi connectivity index (χ0n) is 14.4. The van der Waals surface area contributed by atoms with Crippen LogP contribution in [0.15, 0.2) is 81.6 Å². The molecule has 0 bridgehead atoms. The Morgan fingerprint density at radius 1 is 0.963 bits per heavy atom. The number of nitrogens with zero attached hydrogens (tertiary/aromatic N) is 1. The second-order valence-corrected chi connectivity index (χ2v) is 8.20. The van der Waals surface area contributed by atoms with Crippen molar-refractivity contribution in [1.82, 2.24) is 0 Å². The Morgan fingerprint density at radius 2 is 1.56 bits per heavy atom. The van der Waals surface area contributed by atoms with Crippen molar-refractivity contribution in [3.63, 3.8) is 0 Å². The van der Waals surface area contributed by atoms with E-state index in [4.69, 9.17) is 11.6 Å². The fraction of sp³-hybridized carbons (Fsp3) is 0.0500. The van der Waals surface area contributed by atoms with Crippen LogP contribution in [0, 0.1) is 12.7 Å². The molecule has 0 atom stereocenters. The summed E-state index contributed by atoms with van der Waals surface area (Å²) in [5, 5.41) is 4.19. The summed E-state index contributed by atoms with van der Waals surface area (Å²) in [6.07, 6.45) is 1.27. The molecule has 138 valence electrons. The van der Waals surface area contributed by atoms with Gasteiger partial charge in [-0.25, -0.2) is 12.8 Å². The first-order valence-corrected chi connectivity index (χ1v) is 9.89. The van der Waals surface area contributed by atoms with E-state index in [1.54, 1.807) is 42.5 Å². The van der Waals surface area contributed by atoms with Crippen LogP contribution in [0.4, 0.5) is 10.1 Å². The minimum absolute atomic E-state index is 0.172. The third-order valence-electron chi connectivity index (χ3n) is 3.88. The highest BCUT2D eigenvalue weighted by atomic mass is 35.5. The molecule has 0 aromatic heterocycles. The summed E-state index contributed by atoms with van der Waals surface area (Å²) in [4.78, 5) is 0.416. The van der Waals surface area contributed by atoms with Crippen LogP contribution in [0.3, 0.4) is 0 Å². The Hall–Kier alpha value is -2.70. The average Bonchev–Trinajstić information content (AvgIpc) is 2.65. The monoisotopic (exact) mass is 402 g/mol. The first kappa shape index (κ1) is 19.1. The Balaban J connectivity index is 1.76. The first-order valence-electron chi connectivity index (χ1n) is 8.03. The predicted octanol–water partition coefficient (Wildman–Crippen LogP) is 5.07. The number of sulfone groups is 1. The number of hydrazone groups is 1. The lowest BCUT2D eigenvalue weighted by Gasteiger charge is -2.06. The summed E-state index contributed by atoms with van der Waals surface area (Å²) >= 11 is 5.92. The van der Waals surface area contributed by atoms with Gasteiger partial charge in [0, 0.05) is 5.56 Å². The Bertz CT molecular complexity index is 1060. The maximum atomic E-state index is 13.7. The topological polar surface area (TPSA) is 58.5 Å². The van der Waals surface area contributed by atoms with Crippen molar-refractivity contribution in [2.45, 2.75) is 16.7 Å². The zero-order chi connectivity index (χ0) is 19.4. The Morgan fingerprint density at radius 3 is 2.15 bits per heavy atom. The normalized spacial score (nSPS) is 11.7. The lowest BCUT2D eigenvalue weighted by molar-refractivity contribution is 0.596. The van der Waals surface area contributed by atoms with E-state index in [1.165, 1.54) is 30.5 Å². The molecule has 0 spiro atoms. The summed E-state index contributed by atoms with van der Waals surface area (Å²) in [6.45, 7) is 1.89. The van der Waals surface area contributed by atoms with E-state index >= 15 is 0 Å². The van der Waals surface area contributed by atoms with Crippen molar-refractivity contribution in [3.05, 3.63) is 88.7 Å². The second kappa shape index (κ2) is 7.90. The molecule has 0 saturated carbocycles. The predicted molar refractivity (Wildman–Crippen MR) is 106 cm³/mol. The SMILES string of the molecule is Cc1ccc(S(=O)(=O)c2ccc(N/N=C\c3c(F)cccc3Cl)cc2)cc1. The van der Waals surface area contributed by atoms with Gasteiger partial charge in [-0.15, -0.1) is 0 Å². The van der Waals surface area contributed by atoms with Crippen LogP contribution in [0.1, 0.15) is 11.1 Å². The van der Waals surface area contributed by atoms with Crippen molar-refractivity contribution in [3.8, 4) is 0 Å². The van der Waals surface area contributed by atoms with Gasteiger partial charge in [-0.2, -0.15) is 5.10 Å². The molecule has 3 aromatic carbocycles. The molecule has 3 aromatic rings. The molecule has 4 nitrogen and oxygen atoms in total. The molecule has 0 fully saturated rings. The fourth-order valence-corrected chi connectivity index (χ4v) is 3.84. The van der Waals surface area contributed by atoms with Crippen LogP contribution in [0.25, 0.3) is 0 Å². The van der Waals surface area contributed by atoms with Crippen LogP contribution in [0.5, 0.6) is 0 Å². The van der Waals surface area contributed by atoms with Crippen molar-refractivity contribution in [1.29, 1.82) is 0 Å². The summed E-state index contributed by atoms with van der Waals surface area (Å²) < 4.78 is 38.9. The van der Waals surface area contributed by atoms with Crippen LogP contribution < -0.4 is 5.43 Å². The minimum atomic E-state index is -3.58. The standard InChI is InChI=1S/C20H16ClFN2O2S/c1-14-5-9-16(10-6-14)27(25,26)17-11-7-15(8-12-17)24-23-13-18-19(21)3-2-4-20(18)22/h2-13,24H,1H3/b23-13-. The van der Waals surface area contributed by atoms with E-state index in [2.05, 4.69) is 10.5 Å². The summed E-state index contributed by atoms with van der Waals surface area (Å²) in [6, 6.07) is 17.2. The molecule has 0 aliphatic rings. The summed E-state index contributed by atoms with van der Waals surface area (Å²) in [5.74, 6) is -0.479. The first-order chi connectivity index (χ1) is 12.9. The van der Waals surface area contributed by atoms with Gasteiger partial charge in [-0.05, 0) is 55.5 Å². The Labute approximate surface area is 162 Å². The van der Waals surface area contributed by atoms with E-state index in [9.17, 15) is 12.8 Å². The van der Waals surface area contributed by atoms with Crippen molar-refractivity contribution in [2.75, 3.05) is 5.43 Å². The highest BCUT2D eigenvalue weighted by molar-refractivity contribution is 7.91. The molecule has 3 rings (SSSR count). The number of anilines is 1. The number of hydrogen-bond acceptors (Lipinski definition) is 4. The van der Waals surface area contributed by atoms with Gasteiger partial charge >= 0.3 is 0 Å². The van der Waals surface area contributed by atoms with E-state index in [-0.39, 0.29) is 20.4 Å². The number of rotatable bonds is 5. The molecule has 0 saturated heterocycles. The van der Waals surface area contributed by atoms with Gasteiger partial charge in [-0.3, -0.25) is 5.43 Å². The zero-order valence-corrected chi connectivity index (χ0v) is 15.9. The molecule has 0 heterocycles. The number of halogens is 2. The highest BCUT2D eigenvalue weighted by Crippen LogP contribution is 2.23. The maximum absolute atomic E-state index is 13.7. The summed E-state index contributed by atoms with van der Waals surface area (Å²) in [7, 11) is -3.58. The number of hydrogen-bond donors (Lipinski definition) is 1. The van der Waals surface area contributed by atoms with E-state index in [1.807, 2.05) is 6.92 Å². The minimum Gasteiger partial charge on any atom is -0.279 e. The molecule has 0 unspecified atom stereocenters. The molecule has 0 radical (unpaired) electrons. The van der Waals surface area contributed by atoms with Crippen molar-refractivity contribution >= 4 is 33.3 Å². The third kappa shape index (κ3) is 4.35. The van der Waals surface area contributed by atoms with Gasteiger partial charge < -0.3 is 0 Å². The molecule has 0 aliphatic heterocycles. The number of nitrogens with one attached hydrogen (secondary N) is 1. The van der Waals surface area contributed by atoms with Gasteiger partial charge in [0.2, 0.25) is 9.84 Å². The van der Waals surface area contributed by atoms with E-state index in [0.717, 1.165) is 5.56 Å². The van der Waals surface area contributed by atoms with Crippen molar-refractivity contribution in [2.24, 2.45) is 5.10 Å². The maximum Gasteiger partial charge on any atom is 0.206 e. The largest absolute Gasteiger partial charge is 0.279 e. The van der Waals surface area contributed by atoms with Gasteiger partial charge in [0.05, 0.1) is 26.7 Å². The lowest BCUT2D eigenvalue weighted by atomic mass is 10.2.